The molecule has 0 amide bonds. The van der Waals surface area contributed by atoms with Crippen molar-refractivity contribution in [2.24, 2.45) is 0 Å². The van der Waals surface area contributed by atoms with E-state index in [9.17, 15) is 9.59 Å². The van der Waals surface area contributed by atoms with Crippen LogP contribution in [0.4, 0.5) is 0 Å². The van der Waals surface area contributed by atoms with Crippen LogP contribution in [0.2, 0.25) is 0 Å². The molecule has 0 atom stereocenters. The van der Waals surface area contributed by atoms with E-state index in [2.05, 4.69) is 9.97 Å². The average Bonchev–Trinajstić information content (AvgIpc) is 3.21. The molecule has 0 radical (unpaired) electrons. The highest BCUT2D eigenvalue weighted by Gasteiger charge is 2.12. The molecule has 6 nitrogen and oxygen atoms in total. The number of imidazole rings is 1. The first-order chi connectivity index (χ1) is 12.2. The Bertz CT molecular complexity index is 853. The molecule has 3 aromatic rings. The zero-order valence-electron chi connectivity index (χ0n) is 13.6. The summed E-state index contributed by atoms with van der Waals surface area (Å²) in [5, 5.41) is 0. The molecule has 0 saturated heterocycles. The van der Waals surface area contributed by atoms with Crippen LogP contribution >= 0.6 is 0 Å². The molecule has 2 aromatic carbocycles. The minimum Gasteiger partial charge on any atom is -0.497 e. The number of hydrogen-bond acceptors (Lipinski definition) is 5. The summed E-state index contributed by atoms with van der Waals surface area (Å²) in [5.74, 6) is 0.552. The van der Waals surface area contributed by atoms with Crippen molar-refractivity contribution in [3.8, 4) is 17.1 Å². The van der Waals surface area contributed by atoms with Crippen LogP contribution in [0.15, 0.2) is 60.9 Å². The van der Waals surface area contributed by atoms with Crippen LogP contribution in [0.3, 0.4) is 0 Å². The molecule has 6 heteroatoms. The molecular weight excluding hydrogens is 320 g/mol. The van der Waals surface area contributed by atoms with Gasteiger partial charge in [-0.15, -0.1) is 0 Å². The molecule has 3 rings (SSSR count). The quantitative estimate of drug-likeness (QED) is 0.552. The molecule has 0 aliphatic rings. The molecular formula is C19H16N2O4. The monoisotopic (exact) mass is 336 g/mol. The van der Waals surface area contributed by atoms with E-state index >= 15 is 0 Å². The minimum absolute atomic E-state index is 0.275. The molecule has 0 aliphatic carbocycles. The number of nitrogens with one attached hydrogen (secondary N) is 1. The van der Waals surface area contributed by atoms with Gasteiger partial charge >= 0.3 is 5.97 Å². The van der Waals surface area contributed by atoms with E-state index in [1.165, 1.54) is 0 Å². The molecule has 126 valence electrons. The lowest BCUT2D eigenvalue weighted by atomic mass is 10.1. The van der Waals surface area contributed by atoms with Gasteiger partial charge in [-0.1, -0.05) is 12.1 Å². The summed E-state index contributed by atoms with van der Waals surface area (Å²) in [5.41, 5.74) is 1.69. The SMILES string of the molecule is COc1ccc(C(=O)COC(=O)c2ccc(-c3ncc[nH]3)cc2)cc1. The van der Waals surface area contributed by atoms with Gasteiger partial charge < -0.3 is 14.5 Å². The first-order valence-corrected chi connectivity index (χ1v) is 7.61. The Kier molecular flexibility index (Phi) is 4.89. The predicted octanol–water partition coefficient (Wildman–Crippen LogP) is 3.13. The van der Waals surface area contributed by atoms with Crippen molar-refractivity contribution in [3.63, 3.8) is 0 Å². The molecule has 0 fully saturated rings. The van der Waals surface area contributed by atoms with Crippen LogP contribution in [-0.2, 0) is 4.74 Å². The second kappa shape index (κ2) is 7.44. The smallest absolute Gasteiger partial charge is 0.338 e. The Morgan fingerprint density at radius 3 is 2.28 bits per heavy atom. The van der Waals surface area contributed by atoms with Gasteiger partial charge in [0.2, 0.25) is 0 Å². The summed E-state index contributed by atoms with van der Waals surface area (Å²) in [7, 11) is 1.55. The maximum absolute atomic E-state index is 12.1. The van der Waals surface area contributed by atoms with Gasteiger partial charge in [-0.2, -0.15) is 0 Å². The lowest BCUT2D eigenvalue weighted by Crippen LogP contribution is -2.14. The lowest BCUT2D eigenvalue weighted by molar-refractivity contribution is 0.0475. The molecule has 0 aliphatic heterocycles. The van der Waals surface area contributed by atoms with E-state index in [0.29, 0.717) is 16.9 Å². The summed E-state index contributed by atoms with van der Waals surface area (Å²) in [4.78, 5) is 31.2. The lowest BCUT2D eigenvalue weighted by Gasteiger charge is -2.06. The van der Waals surface area contributed by atoms with Crippen molar-refractivity contribution in [1.29, 1.82) is 0 Å². The van der Waals surface area contributed by atoms with E-state index < -0.39 is 5.97 Å². The Morgan fingerprint density at radius 2 is 1.68 bits per heavy atom. The van der Waals surface area contributed by atoms with Gasteiger partial charge in [-0.05, 0) is 36.4 Å². The number of esters is 1. The van der Waals surface area contributed by atoms with E-state index in [0.717, 1.165) is 11.4 Å². The predicted molar refractivity (Wildman–Crippen MR) is 91.6 cm³/mol. The van der Waals surface area contributed by atoms with Crippen molar-refractivity contribution < 1.29 is 19.1 Å². The first-order valence-electron chi connectivity index (χ1n) is 7.61. The van der Waals surface area contributed by atoms with Crippen LogP contribution < -0.4 is 4.74 Å². The molecule has 0 unspecified atom stereocenters. The fraction of sp³-hybridized carbons (Fsp3) is 0.105. The summed E-state index contributed by atoms with van der Waals surface area (Å²) in [6, 6.07) is 13.4. The number of H-pyrrole nitrogens is 1. The number of Topliss-reactive ketones (excluding diaryl/α,β-unsaturated/α-hetero) is 1. The Hall–Kier alpha value is -3.41. The van der Waals surface area contributed by atoms with E-state index in [1.54, 1.807) is 68.0 Å². The van der Waals surface area contributed by atoms with Crippen molar-refractivity contribution >= 4 is 11.8 Å². The van der Waals surface area contributed by atoms with Gasteiger partial charge in [-0.25, -0.2) is 9.78 Å². The number of rotatable bonds is 6. The zero-order valence-corrected chi connectivity index (χ0v) is 13.6. The Balaban J connectivity index is 1.59. The molecule has 0 bridgehead atoms. The van der Waals surface area contributed by atoms with Crippen molar-refractivity contribution in [1.82, 2.24) is 9.97 Å². The third kappa shape index (κ3) is 3.92. The maximum atomic E-state index is 12.1. The number of methoxy groups -OCH3 is 1. The summed E-state index contributed by atoms with van der Waals surface area (Å²) < 4.78 is 10.1. The fourth-order valence-corrected chi connectivity index (χ4v) is 2.26. The average molecular weight is 336 g/mol. The maximum Gasteiger partial charge on any atom is 0.338 e. The summed E-state index contributed by atoms with van der Waals surface area (Å²) in [6.07, 6.45) is 3.38. The number of nitrogens with zero attached hydrogens (tertiary/aromatic N) is 1. The van der Waals surface area contributed by atoms with Crippen molar-refractivity contribution in [3.05, 3.63) is 72.1 Å². The topological polar surface area (TPSA) is 81.3 Å². The third-order valence-electron chi connectivity index (χ3n) is 3.64. The van der Waals surface area contributed by atoms with Crippen LogP contribution in [0, 0.1) is 0 Å². The molecule has 0 saturated carbocycles. The molecule has 25 heavy (non-hydrogen) atoms. The molecule has 1 N–H and O–H groups in total. The van der Waals surface area contributed by atoms with Gasteiger partial charge in [0.15, 0.2) is 12.4 Å². The van der Waals surface area contributed by atoms with Crippen LogP contribution in [0.25, 0.3) is 11.4 Å². The zero-order chi connectivity index (χ0) is 17.6. The second-order valence-corrected chi connectivity index (χ2v) is 5.24. The molecule has 0 spiro atoms. The number of hydrogen-bond donors (Lipinski definition) is 1. The van der Waals surface area contributed by atoms with E-state index in [-0.39, 0.29) is 12.4 Å². The molecule has 1 heterocycles. The second-order valence-electron chi connectivity index (χ2n) is 5.24. The number of carbonyl (C=O) groups is 2. The van der Waals surface area contributed by atoms with Crippen molar-refractivity contribution in [2.75, 3.05) is 13.7 Å². The number of ketones is 1. The van der Waals surface area contributed by atoms with Crippen molar-refractivity contribution in [2.45, 2.75) is 0 Å². The Labute approximate surface area is 144 Å². The molecule has 1 aromatic heterocycles. The largest absolute Gasteiger partial charge is 0.497 e. The number of carbonyl (C=O) groups excluding carboxylic acids is 2. The number of aromatic amines is 1. The van der Waals surface area contributed by atoms with Crippen LogP contribution in [0.5, 0.6) is 5.75 Å². The number of ether oxygens (including phenoxy) is 2. The van der Waals surface area contributed by atoms with Gasteiger partial charge in [0.25, 0.3) is 0 Å². The summed E-state index contributed by atoms with van der Waals surface area (Å²) in [6.45, 7) is -0.314. The highest BCUT2D eigenvalue weighted by Crippen LogP contribution is 2.16. The Morgan fingerprint density at radius 1 is 1.00 bits per heavy atom. The van der Waals surface area contributed by atoms with Gasteiger partial charge in [0.1, 0.15) is 11.6 Å². The standard InChI is InChI=1S/C19H16N2O4/c1-24-16-8-6-13(7-9-16)17(22)12-25-19(23)15-4-2-14(3-5-15)18-20-10-11-21-18/h2-11H,12H2,1H3,(H,20,21). The highest BCUT2D eigenvalue weighted by atomic mass is 16.5. The van der Waals surface area contributed by atoms with Gasteiger partial charge in [-0.3, -0.25) is 4.79 Å². The summed E-state index contributed by atoms with van der Waals surface area (Å²) >= 11 is 0. The first kappa shape index (κ1) is 16.4. The van der Waals surface area contributed by atoms with E-state index in [1.807, 2.05) is 0 Å². The fourth-order valence-electron chi connectivity index (χ4n) is 2.26. The minimum atomic E-state index is -0.548. The highest BCUT2D eigenvalue weighted by molar-refractivity contribution is 5.99. The third-order valence-corrected chi connectivity index (χ3v) is 3.64. The van der Waals surface area contributed by atoms with E-state index in [4.69, 9.17) is 9.47 Å². The normalized spacial score (nSPS) is 10.3. The van der Waals surface area contributed by atoms with Crippen LogP contribution in [-0.4, -0.2) is 35.4 Å². The number of benzene rings is 2. The number of aromatic nitrogens is 2. The van der Waals surface area contributed by atoms with Gasteiger partial charge in [0, 0.05) is 23.5 Å². The van der Waals surface area contributed by atoms with Gasteiger partial charge in [0.05, 0.1) is 12.7 Å². The van der Waals surface area contributed by atoms with Crippen LogP contribution in [0.1, 0.15) is 20.7 Å².